The second kappa shape index (κ2) is 5.67. The molecule has 0 aliphatic carbocycles. The minimum Gasteiger partial charge on any atom is -0.339 e. The van der Waals surface area contributed by atoms with Gasteiger partial charge >= 0.3 is 0 Å². The minimum absolute atomic E-state index is 0.419. The van der Waals surface area contributed by atoms with Crippen molar-refractivity contribution in [2.24, 2.45) is 17.8 Å². The van der Waals surface area contributed by atoms with Crippen LogP contribution in [0.25, 0.3) is 0 Å². The average Bonchev–Trinajstić information content (AvgIpc) is 2.73. The van der Waals surface area contributed by atoms with Crippen molar-refractivity contribution in [3.63, 3.8) is 0 Å². The van der Waals surface area contributed by atoms with Crippen LogP contribution in [0.3, 0.4) is 0 Å². The first-order valence-corrected chi connectivity index (χ1v) is 8.58. The van der Waals surface area contributed by atoms with Gasteiger partial charge in [0.25, 0.3) is 0 Å². The van der Waals surface area contributed by atoms with Gasteiger partial charge < -0.3 is 10.2 Å². The van der Waals surface area contributed by atoms with Crippen LogP contribution in [-0.4, -0.2) is 35.5 Å². The summed E-state index contributed by atoms with van der Waals surface area (Å²) in [6.07, 6.45) is 7.14. The van der Waals surface area contributed by atoms with E-state index in [1.165, 1.54) is 32.1 Å². The van der Waals surface area contributed by atoms with Gasteiger partial charge in [-0.25, -0.2) is 0 Å². The lowest BCUT2D eigenvalue weighted by Gasteiger charge is -2.42. The molecule has 114 valence electrons. The highest BCUT2D eigenvalue weighted by atomic mass is 16.2. The summed E-state index contributed by atoms with van der Waals surface area (Å²) in [7, 11) is 0. The smallest absolute Gasteiger partial charge is 0.223 e. The van der Waals surface area contributed by atoms with Crippen LogP contribution >= 0.6 is 0 Å². The Morgan fingerprint density at radius 2 is 1.75 bits per heavy atom. The maximum atomic E-state index is 12.7. The van der Waals surface area contributed by atoms with Crippen LogP contribution < -0.4 is 5.32 Å². The zero-order valence-electron chi connectivity index (χ0n) is 13.3. The van der Waals surface area contributed by atoms with E-state index in [-0.39, 0.29) is 0 Å². The molecule has 1 N–H and O–H groups in total. The largest absolute Gasteiger partial charge is 0.339 e. The van der Waals surface area contributed by atoms with Gasteiger partial charge in [0, 0.05) is 31.1 Å². The number of nitrogens with zero attached hydrogens (tertiary/aromatic N) is 1. The van der Waals surface area contributed by atoms with Crippen molar-refractivity contribution < 1.29 is 4.79 Å². The lowest BCUT2D eigenvalue weighted by Crippen LogP contribution is -2.49. The summed E-state index contributed by atoms with van der Waals surface area (Å²) < 4.78 is 0. The number of fused-ring (bicyclic) bond motifs is 2. The van der Waals surface area contributed by atoms with Gasteiger partial charge in [0.1, 0.15) is 0 Å². The number of hydrogen-bond acceptors (Lipinski definition) is 2. The molecule has 0 aromatic carbocycles. The van der Waals surface area contributed by atoms with Crippen molar-refractivity contribution in [3.8, 4) is 0 Å². The summed E-state index contributed by atoms with van der Waals surface area (Å²) in [6, 6.07) is 1.82. The Bertz CT molecular complexity index is 358. The predicted molar refractivity (Wildman–Crippen MR) is 81.4 cm³/mol. The van der Waals surface area contributed by atoms with Crippen LogP contribution in [0.5, 0.6) is 0 Å². The fourth-order valence-electron chi connectivity index (χ4n) is 4.75. The third-order valence-electron chi connectivity index (χ3n) is 5.95. The van der Waals surface area contributed by atoms with Crippen molar-refractivity contribution >= 4 is 5.91 Å². The first-order valence-electron chi connectivity index (χ1n) is 8.58. The number of carbonyl (C=O) groups is 1. The molecule has 3 rings (SSSR count). The van der Waals surface area contributed by atoms with Gasteiger partial charge in [-0.3, -0.25) is 4.79 Å². The summed E-state index contributed by atoms with van der Waals surface area (Å²) in [4.78, 5) is 14.9. The molecule has 20 heavy (non-hydrogen) atoms. The average molecular weight is 278 g/mol. The van der Waals surface area contributed by atoms with Crippen LogP contribution in [0.2, 0.25) is 0 Å². The molecule has 3 saturated heterocycles. The highest BCUT2D eigenvalue weighted by Gasteiger charge is 2.37. The fourth-order valence-corrected chi connectivity index (χ4v) is 4.75. The second-order valence-electron chi connectivity index (χ2n) is 7.78. The first kappa shape index (κ1) is 14.4. The summed E-state index contributed by atoms with van der Waals surface area (Å²) in [5.41, 5.74) is 0. The molecule has 5 atom stereocenters. The Kier molecular flexibility index (Phi) is 4.07. The van der Waals surface area contributed by atoms with Crippen LogP contribution in [0, 0.1) is 17.8 Å². The number of likely N-dealkylation sites (tertiary alicyclic amines) is 1. The SMILES string of the molecule is CC1CC(C)C(C)N(C(=O)CC2CC3CCC(C2)N3)C1. The molecule has 0 spiro atoms. The Hall–Kier alpha value is -0.570. The van der Waals surface area contributed by atoms with E-state index < -0.39 is 0 Å². The maximum absolute atomic E-state index is 12.7. The lowest BCUT2D eigenvalue weighted by atomic mass is 9.84. The van der Waals surface area contributed by atoms with Gasteiger partial charge in [0.2, 0.25) is 5.91 Å². The zero-order valence-corrected chi connectivity index (χ0v) is 13.3. The molecule has 0 radical (unpaired) electrons. The van der Waals surface area contributed by atoms with E-state index >= 15 is 0 Å². The van der Waals surface area contributed by atoms with Gasteiger partial charge in [-0.2, -0.15) is 0 Å². The quantitative estimate of drug-likeness (QED) is 0.842. The molecular weight excluding hydrogens is 248 g/mol. The van der Waals surface area contributed by atoms with E-state index in [1.54, 1.807) is 0 Å². The molecule has 3 heteroatoms. The maximum Gasteiger partial charge on any atom is 0.223 e. The molecular formula is C17H30N2O. The van der Waals surface area contributed by atoms with Crippen molar-refractivity contribution in [1.29, 1.82) is 0 Å². The normalized spacial score (nSPS) is 44.6. The molecule has 3 aliphatic rings. The van der Waals surface area contributed by atoms with Crippen molar-refractivity contribution in [1.82, 2.24) is 10.2 Å². The standard InChI is InChI=1S/C17H30N2O/c1-11-6-12(2)13(3)19(10-11)17(20)9-14-7-15-4-5-16(8-14)18-15/h11-16,18H,4-10H2,1-3H3. The van der Waals surface area contributed by atoms with E-state index in [2.05, 4.69) is 31.0 Å². The number of hydrogen-bond donors (Lipinski definition) is 1. The predicted octanol–water partition coefficient (Wildman–Crippen LogP) is 2.80. The van der Waals surface area contributed by atoms with Gasteiger partial charge in [-0.1, -0.05) is 13.8 Å². The number of amides is 1. The van der Waals surface area contributed by atoms with E-state index in [4.69, 9.17) is 0 Å². The van der Waals surface area contributed by atoms with E-state index in [0.29, 0.717) is 41.8 Å². The Balaban J connectivity index is 1.58. The summed E-state index contributed by atoms with van der Waals surface area (Å²) in [6.45, 7) is 7.79. The Morgan fingerprint density at radius 3 is 2.40 bits per heavy atom. The second-order valence-corrected chi connectivity index (χ2v) is 7.78. The van der Waals surface area contributed by atoms with E-state index in [0.717, 1.165) is 13.0 Å². The first-order chi connectivity index (χ1) is 9.52. The summed E-state index contributed by atoms with van der Waals surface area (Å²) in [5.74, 6) is 2.35. The summed E-state index contributed by atoms with van der Waals surface area (Å²) in [5, 5.41) is 3.67. The fraction of sp³-hybridized carbons (Fsp3) is 0.941. The number of piperidine rings is 2. The van der Waals surface area contributed by atoms with Crippen LogP contribution in [0.4, 0.5) is 0 Å². The molecule has 5 unspecified atom stereocenters. The van der Waals surface area contributed by atoms with Crippen molar-refractivity contribution in [2.45, 2.75) is 77.4 Å². The van der Waals surface area contributed by atoms with Crippen LogP contribution in [0.1, 0.15) is 59.3 Å². The number of nitrogens with one attached hydrogen (secondary N) is 1. The topological polar surface area (TPSA) is 32.3 Å². The molecule has 3 fully saturated rings. The van der Waals surface area contributed by atoms with E-state index in [9.17, 15) is 4.79 Å². The zero-order chi connectivity index (χ0) is 14.3. The monoisotopic (exact) mass is 278 g/mol. The molecule has 3 aliphatic heterocycles. The Labute approximate surface area is 123 Å². The minimum atomic E-state index is 0.419. The van der Waals surface area contributed by atoms with Crippen LogP contribution in [-0.2, 0) is 4.79 Å². The third kappa shape index (κ3) is 2.88. The molecule has 0 saturated carbocycles. The van der Waals surface area contributed by atoms with Gasteiger partial charge in [0.15, 0.2) is 0 Å². The van der Waals surface area contributed by atoms with Gasteiger partial charge in [-0.05, 0) is 56.8 Å². The van der Waals surface area contributed by atoms with Crippen molar-refractivity contribution in [3.05, 3.63) is 0 Å². The molecule has 2 bridgehead atoms. The van der Waals surface area contributed by atoms with Crippen molar-refractivity contribution in [2.75, 3.05) is 6.54 Å². The Morgan fingerprint density at radius 1 is 1.10 bits per heavy atom. The lowest BCUT2D eigenvalue weighted by molar-refractivity contribution is -0.138. The summed E-state index contributed by atoms with van der Waals surface area (Å²) >= 11 is 0. The molecule has 1 amide bonds. The highest BCUT2D eigenvalue weighted by molar-refractivity contribution is 5.77. The van der Waals surface area contributed by atoms with Gasteiger partial charge in [0.05, 0.1) is 0 Å². The van der Waals surface area contributed by atoms with Crippen LogP contribution in [0.15, 0.2) is 0 Å². The molecule has 0 aromatic rings. The van der Waals surface area contributed by atoms with E-state index in [1.807, 2.05) is 0 Å². The molecule has 3 nitrogen and oxygen atoms in total. The highest BCUT2D eigenvalue weighted by Crippen LogP contribution is 2.34. The number of carbonyl (C=O) groups excluding carboxylic acids is 1. The van der Waals surface area contributed by atoms with Gasteiger partial charge in [-0.15, -0.1) is 0 Å². The number of rotatable bonds is 2. The molecule has 3 heterocycles. The molecule has 0 aromatic heterocycles. The third-order valence-corrected chi connectivity index (χ3v) is 5.95.